The standard InChI is InChI=1S/C8H11N3O/c9-8(12)6-5-10-11-4-2-1-3-7(6)11/h5H,1-4H2,(H2,9,12). The summed E-state index contributed by atoms with van der Waals surface area (Å²) in [6.45, 7) is 0.919. The second-order valence-corrected chi connectivity index (χ2v) is 3.05. The summed E-state index contributed by atoms with van der Waals surface area (Å²) >= 11 is 0. The van der Waals surface area contributed by atoms with Gasteiger partial charge in [0, 0.05) is 6.54 Å². The lowest BCUT2D eigenvalue weighted by molar-refractivity contribution is 0.0999. The van der Waals surface area contributed by atoms with Gasteiger partial charge in [-0.1, -0.05) is 0 Å². The van der Waals surface area contributed by atoms with Gasteiger partial charge in [-0.15, -0.1) is 0 Å². The molecule has 2 heterocycles. The average molecular weight is 165 g/mol. The summed E-state index contributed by atoms with van der Waals surface area (Å²) in [5, 5.41) is 4.09. The molecule has 0 fully saturated rings. The second-order valence-electron chi connectivity index (χ2n) is 3.05. The summed E-state index contributed by atoms with van der Waals surface area (Å²) < 4.78 is 1.88. The van der Waals surface area contributed by atoms with E-state index in [9.17, 15) is 4.79 Å². The van der Waals surface area contributed by atoms with Gasteiger partial charge in [0.15, 0.2) is 0 Å². The fourth-order valence-corrected chi connectivity index (χ4v) is 1.63. The molecule has 0 aromatic carbocycles. The summed E-state index contributed by atoms with van der Waals surface area (Å²) in [7, 11) is 0. The number of carbonyl (C=O) groups excluding carboxylic acids is 1. The van der Waals surface area contributed by atoms with Crippen LogP contribution in [-0.4, -0.2) is 15.7 Å². The number of nitrogens with zero attached hydrogens (tertiary/aromatic N) is 2. The SMILES string of the molecule is NC(=O)c1cnn2c1CCCC2. The molecule has 1 amide bonds. The van der Waals surface area contributed by atoms with Crippen molar-refractivity contribution < 1.29 is 4.79 Å². The number of aryl methyl sites for hydroxylation is 1. The molecule has 1 aliphatic heterocycles. The highest BCUT2D eigenvalue weighted by Gasteiger charge is 2.17. The molecule has 4 nitrogen and oxygen atoms in total. The highest BCUT2D eigenvalue weighted by atomic mass is 16.1. The largest absolute Gasteiger partial charge is 0.365 e. The molecule has 0 radical (unpaired) electrons. The van der Waals surface area contributed by atoms with Crippen LogP contribution in [-0.2, 0) is 13.0 Å². The van der Waals surface area contributed by atoms with E-state index in [1.807, 2.05) is 4.68 Å². The number of amides is 1. The molecule has 0 bridgehead atoms. The molecular formula is C8H11N3O. The summed E-state index contributed by atoms with van der Waals surface area (Å²) in [6.07, 6.45) is 4.78. The minimum Gasteiger partial charge on any atom is -0.365 e. The molecule has 64 valence electrons. The monoisotopic (exact) mass is 165 g/mol. The normalized spacial score (nSPS) is 15.7. The molecule has 12 heavy (non-hydrogen) atoms. The van der Waals surface area contributed by atoms with Crippen molar-refractivity contribution in [3.05, 3.63) is 17.5 Å². The van der Waals surface area contributed by atoms with E-state index >= 15 is 0 Å². The third kappa shape index (κ3) is 0.995. The number of hydrogen-bond acceptors (Lipinski definition) is 2. The maximum absolute atomic E-state index is 10.9. The summed E-state index contributed by atoms with van der Waals surface area (Å²) in [5.41, 5.74) is 6.79. The summed E-state index contributed by atoms with van der Waals surface area (Å²) in [5.74, 6) is -0.363. The van der Waals surface area contributed by atoms with Crippen LogP contribution in [0.3, 0.4) is 0 Å². The summed E-state index contributed by atoms with van der Waals surface area (Å²) in [6, 6.07) is 0. The van der Waals surface area contributed by atoms with Crippen LogP contribution in [0.15, 0.2) is 6.20 Å². The lowest BCUT2D eigenvalue weighted by atomic mass is 10.1. The molecular weight excluding hydrogens is 154 g/mol. The van der Waals surface area contributed by atoms with Crippen LogP contribution in [0.25, 0.3) is 0 Å². The first kappa shape index (κ1) is 7.34. The van der Waals surface area contributed by atoms with Gasteiger partial charge >= 0.3 is 0 Å². The molecule has 0 unspecified atom stereocenters. The predicted octanol–water partition coefficient (Wildman–Crippen LogP) is 0.318. The molecule has 2 N–H and O–H groups in total. The highest BCUT2D eigenvalue weighted by Crippen LogP contribution is 2.17. The maximum atomic E-state index is 10.9. The van der Waals surface area contributed by atoms with Crippen LogP contribution >= 0.6 is 0 Å². The maximum Gasteiger partial charge on any atom is 0.252 e. The molecule has 0 saturated carbocycles. The lowest BCUT2D eigenvalue weighted by Gasteiger charge is -2.13. The van der Waals surface area contributed by atoms with Crippen molar-refractivity contribution in [3.8, 4) is 0 Å². The number of rotatable bonds is 1. The van der Waals surface area contributed by atoms with Crippen LogP contribution in [0.2, 0.25) is 0 Å². The van der Waals surface area contributed by atoms with Crippen LogP contribution in [0.5, 0.6) is 0 Å². The van der Waals surface area contributed by atoms with Crippen molar-refractivity contribution in [1.29, 1.82) is 0 Å². The van der Waals surface area contributed by atoms with Gasteiger partial charge in [0.05, 0.1) is 17.5 Å². The van der Waals surface area contributed by atoms with E-state index in [0.29, 0.717) is 5.56 Å². The van der Waals surface area contributed by atoms with E-state index in [2.05, 4.69) is 5.10 Å². The van der Waals surface area contributed by atoms with E-state index in [-0.39, 0.29) is 5.91 Å². The number of aromatic nitrogens is 2. The van der Waals surface area contributed by atoms with Crippen molar-refractivity contribution in [2.45, 2.75) is 25.8 Å². The van der Waals surface area contributed by atoms with E-state index in [1.165, 1.54) is 0 Å². The Labute approximate surface area is 70.4 Å². The quantitative estimate of drug-likeness (QED) is 0.651. The number of hydrogen-bond donors (Lipinski definition) is 1. The molecule has 0 atom stereocenters. The Morgan fingerprint density at radius 1 is 1.58 bits per heavy atom. The Kier molecular flexibility index (Phi) is 1.60. The fourth-order valence-electron chi connectivity index (χ4n) is 1.63. The number of carbonyl (C=O) groups is 1. The molecule has 4 heteroatoms. The molecule has 1 aliphatic rings. The first-order valence-electron chi connectivity index (χ1n) is 4.13. The summed E-state index contributed by atoms with van der Waals surface area (Å²) in [4.78, 5) is 10.9. The molecule has 1 aromatic heterocycles. The zero-order valence-electron chi connectivity index (χ0n) is 6.79. The topological polar surface area (TPSA) is 60.9 Å². The molecule has 0 saturated heterocycles. The van der Waals surface area contributed by atoms with E-state index in [1.54, 1.807) is 6.20 Å². The smallest absolute Gasteiger partial charge is 0.252 e. The fraction of sp³-hybridized carbons (Fsp3) is 0.500. The zero-order chi connectivity index (χ0) is 8.55. The first-order valence-corrected chi connectivity index (χ1v) is 4.13. The number of fused-ring (bicyclic) bond motifs is 1. The Morgan fingerprint density at radius 2 is 2.42 bits per heavy atom. The molecule has 0 spiro atoms. The molecule has 1 aromatic rings. The minimum atomic E-state index is -0.363. The van der Waals surface area contributed by atoms with Gasteiger partial charge in [-0.25, -0.2) is 0 Å². The van der Waals surface area contributed by atoms with Crippen LogP contribution in [0.1, 0.15) is 28.9 Å². The van der Waals surface area contributed by atoms with Gasteiger partial charge in [-0.05, 0) is 19.3 Å². The lowest BCUT2D eigenvalue weighted by Crippen LogP contribution is -2.17. The number of nitrogens with two attached hydrogens (primary N) is 1. The first-order chi connectivity index (χ1) is 5.79. The van der Waals surface area contributed by atoms with Crippen molar-refractivity contribution in [2.75, 3.05) is 0 Å². The number of primary amides is 1. The third-order valence-corrected chi connectivity index (χ3v) is 2.25. The van der Waals surface area contributed by atoms with Gasteiger partial charge in [0.1, 0.15) is 0 Å². The molecule has 2 rings (SSSR count). The van der Waals surface area contributed by atoms with Crippen LogP contribution in [0.4, 0.5) is 0 Å². The van der Waals surface area contributed by atoms with E-state index in [4.69, 9.17) is 5.73 Å². The third-order valence-electron chi connectivity index (χ3n) is 2.25. The van der Waals surface area contributed by atoms with E-state index < -0.39 is 0 Å². The Hall–Kier alpha value is -1.32. The van der Waals surface area contributed by atoms with Gasteiger partial charge in [-0.3, -0.25) is 9.48 Å². The van der Waals surface area contributed by atoms with Gasteiger partial charge in [0.2, 0.25) is 0 Å². The van der Waals surface area contributed by atoms with Crippen LogP contribution < -0.4 is 5.73 Å². The Bertz CT molecular complexity index is 316. The van der Waals surface area contributed by atoms with Gasteiger partial charge in [-0.2, -0.15) is 5.10 Å². The van der Waals surface area contributed by atoms with Gasteiger partial charge < -0.3 is 5.73 Å². The van der Waals surface area contributed by atoms with Crippen molar-refractivity contribution in [3.63, 3.8) is 0 Å². The predicted molar refractivity (Wildman–Crippen MR) is 43.7 cm³/mol. The average Bonchev–Trinajstić information content (AvgIpc) is 2.47. The van der Waals surface area contributed by atoms with Crippen molar-refractivity contribution in [2.24, 2.45) is 5.73 Å². The minimum absolute atomic E-state index is 0.363. The van der Waals surface area contributed by atoms with Gasteiger partial charge in [0.25, 0.3) is 5.91 Å². The Morgan fingerprint density at radius 3 is 3.17 bits per heavy atom. The zero-order valence-corrected chi connectivity index (χ0v) is 6.79. The van der Waals surface area contributed by atoms with Crippen molar-refractivity contribution in [1.82, 2.24) is 9.78 Å². The second kappa shape index (κ2) is 2.62. The van der Waals surface area contributed by atoms with Crippen LogP contribution in [0, 0.1) is 0 Å². The molecule has 0 aliphatic carbocycles. The van der Waals surface area contributed by atoms with E-state index in [0.717, 1.165) is 31.5 Å². The Balaban J connectivity index is 2.44. The highest BCUT2D eigenvalue weighted by molar-refractivity contribution is 5.93. The van der Waals surface area contributed by atoms with Crippen molar-refractivity contribution >= 4 is 5.91 Å².